The maximum Gasteiger partial charge on any atom is 0.160 e. The van der Waals surface area contributed by atoms with E-state index >= 15 is 0 Å². The van der Waals surface area contributed by atoms with Gasteiger partial charge in [-0.25, -0.2) is 0 Å². The average Bonchev–Trinajstić information content (AvgIpc) is 3.20. The number of fused-ring (bicyclic) bond motifs is 3. The molecule has 0 amide bonds. The third-order valence-corrected chi connectivity index (χ3v) is 5.27. The van der Waals surface area contributed by atoms with Gasteiger partial charge in [0.25, 0.3) is 0 Å². The Bertz CT molecular complexity index is 1090. The van der Waals surface area contributed by atoms with E-state index in [-0.39, 0.29) is 41.3 Å². The highest BCUT2D eigenvalue weighted by molar-refractivity contribution is 7.15. The molecule has 0 aliphatic carbocycles. The second-order valence-corrected chi connectivity index (χ2v) is 6.63. The van der Waals surface area contributed by atoms with E-state index < -0.39 is 0 Å². The first-order valence-corrected chi connectivity index (χ1v) is 8.39. The molecule has 6 heteroatoms. The van der Waals surface area contributed by atoms with E-state index in [1.165, 1.54) is 0 Å². The Morgan fingerprint density at radius 1 is 1.30 bits per heavy atom. The molecule has 0 atom stereocenters. The van der Waals surface area contributed by atoms with Gasteiger partial charge in [-0.2, -0.15) is 0 Å². The van der Waals surface area contributed by atoms with E-state index in [1.54, 1.807) is 11.3 Å². The maximum atomic E-state index is 8.35. The van der Waals surface area contributed by atoms with Crippen molar-refractivity contribution >= 4 is 28.6 Å². The van der Waals surface area contributed by atoms with Crippen molar-refractivity contribution in [3.05, 3.63) is 62.9 Å². The lowest BCUT2D eigenvalue weighted by Crippen LogP contribution is -2.05. The molecule has 0 bridgehead atoms. The van der Waals surface area contributed by atoms with E-state index in [4.69, 9.17) is 17.1 Å². The van der Waals surface area contributed by atoms with Crippen molar-refractivity contribution in [3.63, 3.8) is 0 Å². The number of rotatable bonds is 2. The van der Waals surface area contributed by atoms with E-state index in [0.717, 1.165) is 27.7 Å². The Balaban J connectivity index is 2.05. The van der Waals surface area contributed by atoms with Crippen molar-refractivity contribution < 1.29 is 5.48 Å². The Morgan fingerprint density at radius 2 is 2.13 bits per heavy atom. The highest BCUT2D eigenvalue weighted by atomic mass is 35.5. The third kappa shape index (κ3) is 2.31. The number of thiophene rings is 1. The first kappa shape index (κ1) is 10.7. The molecule has 1 aliphatic rings. The maximum absolute atomic E-state index is 8.35. The first-order valence-electron chi connectivity index (χ1n) is 9.20. The summed E-state index contributed by atoms with van der Waals surface area (Å²) >= 11 is 7.96. The van der Waals surface area contributed by atoms with Gasteiger partial charge >= 0.3 is 0 Å². The molecule has 3 heterocycles. The van der Waals surface area contributed by atoms with Crippen LogP contribution in [0.2, 0.25) is 5.02 Å². The molecular weight excluding hydrogens is 328 g/mol. The number of hydrogen-bond acceptors (Lipinski definition) is 4. The molecule has 1 aliphatic heterocycles. The average molecular weight is 347 g/mol. The zero-order chi connectivity index (χ0) is 19.5. The largest absolute Gasteiger partial charge is 0.276 e. The second-order valence-electron chi connectivity index (χ2n) is 5.14. The fraction of sp³-hybridized carbons (Fsp3) is 0.235. The predicted molar refractivity (Wildman–Crippen MR) is 94.1 cm³/mol. The lowest BCUT2D eigenvalue weighted by molar-refractivity contribution is 0.869. The van der Waals surface area contributed by atoms with Gasteiger partial charge in [0.1, 0.15) is 17.4 Å². The number of benzene rings is 1. The van der Waals surface area contributed by atoms with Gasteiger partial charge in [0.15, 0.2) is 5.82 Å². The normalized spacial score (nSPS) is 15.7. The van der Waals surface area contributed by atoms with Crippen molar-refractivity contribution in [1.29, 1.82) is 0 Å². The molecule has 0 radical (unpaired) electrons. The molecule has 0 fully saturated rings. The third-order valence-electron chi connectivity index (χ3n) is 3.72. The minimum Gasteiger partial charge on any atom is -0.276 e. The van der Waals surface area contributed by atoms with E-state index in [0.29, 0.717) is 11.5 Å². The molecule has 2 aromatic heterocycles. The SMILES string of the molecule is [2H]c1c([2H])c([2H])c(C2=NCc3nnc(C)n3-c3sc(CC)cc32)c(Cl)c1[2H]. The van der Waals surface area contributed by atoms with E-state index in [9.17, 15) is 0 Å². The topological polar surface area (TPSA) is 43.1 Å². The van der Waals surface area contributed by atoms with Crippen LogP contribution in [0.4, 0.5) is 0 Å². The molecular formula is C17H15ClN4S. The summed E-state index contributed by atoms with van der Waals surface area (Å²) in [6.07, 6.45) is 0.835. The second kappa shape index (κ2) is 5.58. The molecule has 1 aromatic carbocycles. The van der Waals surface area contributed by atoms with Crippen LogP contribution in [0.15, 0.2) is 35.2 Å². The summed E-state index contributed by atoms with van der Waals surface area (Å²) in [7, 11) is 0. The minimum atomic E-state index is -0.351. The van der Waals surface area contributed by atoms with Crippen molar-refractivity contribution in [3.8, 4) is 5.00 Å². The van der Waals surface area contributed by atoms with Gasteiger partial charge in [-0.1, -0.05) is 36.7 Å². The van der Waals surface area contributed by atoms with Crippen LogP contribution >= 0.6 is 22.9 Å². The van der Waals surface area contributed by atoms with Crippen LogP contribution in [-0.4, -0.2) is 20.5 Å². The Morgan fingerprint density at radius 3 is 2.96 bits per heavy atom. The smallest absolute Gasteiger partial charge is 0.160 e. The summed E-state index contributed by atoms with van der Waals surface area (Å²) in [6, 6.07) is 0.877. The molecule has 0 N–H and O–H groups in total. The van der Waals surface area contributed by atoms with Crippen molar-refractivity contribution in [2.24, 2.45) is 4.99 Å². The summed E-state index contributed by atoms with van der Waals surface area (Å²) in [5, 5.41) is 9.22. The Hall–Kier alpha value is -1.98. The van der Waals surface area contributed by atoms with Gasteiger partial charge < -0.3 is 0 Å². The Kier molecular flexibility index (Phi) is 2.60. The number of aromatic nitrogens is 3. The zero-order valence-electron chi connectivity index (χ0n) is 16.6. The fourth-order valence-corrected chi connectivity index (χ4v) is 3.97. The Labute approximate surface area is 149 Å². The van der Waals surface area contributed by atoms with Crippen molar-refractivity contribution in [2.75, 3.05) is 0 Å². The number of hydrogen-bond donors (Lipinski definition) is 0. The first-order chi connectivity index (χ1) is 12.8. The number of aliphatic imine (C=N–C) groups is 1. The van der Waals surface area contributed by atoms with Crippen LogP contribution in [0, 0.1) is 6.92 Å². The van der Waals surface area contributed by atoms with Crippen LogP contribution in [0.5, 0.6) is 0 Å². The molecule has 0 unspecified atom stereocenters. The van der Waals surface area contributed by atoms with Crippen LogP contribution in [0.1, 0.15) is 40.1 Å². The molecule has 3 aromatic rings. The molecule has 0 saturated heterocycles. The van der Waals surface area contributed by atoms with Gasteiger partial charge in [-0.15, -0.1) is 21.5 Å². The zero-order valence-corrected chi connectivity index (χ0v) is 14.1. The standard InChI is InChI=1S/C17H15ClN4S/c1-3-11-8-13-16(12-6-4-5-7-14(12)18)19-9-15-21-20-10(2)22(15)17(13)23-11/h4-8H,3,9H2,1-2H3/i4D,5D,6D,7D. The lowest BCUT2D eigenvalue weighted by atomic mass is 10.0. The molecule has 0 spiro atoms. The molecule has 4 rings (SSSR count). The van der Waals surface area contributed by atoms with Crippen LogP contribution in [0.3, 0.4) is 0 Å². The summed E-state index contributed by atoms with van der Waals surface area (Å²) in [5.41, 5.74) is 1.47. The van der Waals surface area contributed by atoms with Crippen molar-refractivity contribution in [2.45, 2.75) is 26.8 Å². The summed E-state index contributed by atoms with van der Waals surface area (Å²) in [4.78, 5) is 5.77. The highest BCUT2D eigenvalue weighted by Crippen LogP contribution is 2.34. The fourth-order valence-electron chi connectivity index (χ4n) is 2.62. The number of aryl methyl sites for hydroxylation is 2. The predicted octanol–water partition coefficient (Wildman–Crippen LogP) is 4.20. The van der Waals surface area contributed by atoms with Crippen LogP contribution < -0.4 is 0 Å². The minimum absolute atomic E-state index is 0.0238. The van der Waals surface area contributed by atoms with Gasteiger partial charge in [-0.3, -0.25) is 9.56 Å². The van der Waals surface area contributed by atoms with Gasteiger partial charge in [0.05, 0.1) is 11.2 Å². The van der Waals surface area contributed by atoms with Gasteiger partial charge in [0, 0.05) is 21.0 Å². The van der Waals surface area contributed by atoms with E-state index in [1.807, 2.05) is 17.6 Å². The summed E-state index contributed by atoms with van der Waals surface area (Å²) in [6.45, 7) is 4.18. The van der Waals surface area contributed by atoms with Crippen LogP contribution in [-0.2, 0) is 13.0 Å². The number of halogens is 1. The lowest BCUT2D eigenvalue weighted by Gasteiger charge is -2.08. The van der Waals surface area contributed by atoms with Crippen LogP contribution in [0.25, 0.3) is 5.00 Å². The highest BCUT2D eigenvalue weighted by Gasteiger charge is 2.24. The molecule has 4 nitrogen and oxygen atoms in total. The van der Waals surface area contributed by atoms with Crippen molar-refractivity contribution in [1.82, 2.24) is 14.8 Å². The monoisotopic (exact) mass is 346 g/mol. The molecule has 0 saturated carbocycles. The number of nitrogens with zero attached hydrogens (tertiary/aromatic N) is 4. The molecule has 23 heavy (non-hydrogen) atoms. The molecule has 116 valence electrons. The summed E-state index contributed by atoms with van der Waals surface area (Å²) in [5.74, 6) is 1.43. The summed E-state index contributed by atoms with van der Waals surface area (Å²) < 4.78 is 34.2. The van der Waals surface area contributed by atoms with Gasteiger partial charge in [-0.05, 0) is 25.5 Å². The van der Waals surface area contributed by atoms with Gasteiger partial charge in [0.2, 0.25) is 0 Å². The van der Waals surface area contributed by atoms with E-state index in [2.05, 4.69) is 22.1 Å². The quantitative estimate of drug-likeness (QED) is 0.697.